The van der Waals surface area contributed by atoms with Crippen molar-refractivity contribution in [2.24, 2.45) is 11.0 Å². The molecule has 0 spiro atoms. The first-order chi connectivity index (χ1) is 8.43. The number of nitriles is 1. The molecule has 0 saturated carbocycles. The average Bonchev–Trinajstić information content (AvgIpc) is 2.27. The van der Waals surface area contributed by atoms with Gasteiger partial charge in [-0.25, -0.2) is 0 Å². The number of benzene rings is 1. The van der Waals surface area contributed by atoms with Crippen LogP contribution in [0.5, 0.6) is 0 Å². The fourth-order valence-electron chi connectivity index (χ4n) is 1.74. The second kappa shape index (κ2) is 6.42. The molecule has 0 aliphatic heterocycles. The van der Waals surface area contributed by atoms with Crippen LogP contribution in [0.25, 0.3) is 0 Å². The highest BCUT2D eigenvalue weighted by molar-refractivity contribution is 6.32. The van der Waals surface area contributed by atoms with Gasteiger partial charge in [-0.15, -0.1) is 0 Å². The second-order valence-electron chi connectivity index (χ2n) is 4.73. The van der Waals surface area contributed by atoms with E-state index in [-0.39, 0.29) is 0 Å². The van der Waals surface area contributed by atoms with Crippen LogP contribution in [0, 0.1) is 17.2 Å². The SMILES string of the molecule is C/C(CC(C)C)=N\N(C)c1ccc(C#N)c(Cl)c1. The molecule has 3 nitrogen and oxygen atoms in total. The molecular formula is C14H18ClN3. The zero-order chi connectivity index (χ0) is 13.7. The van der Waals surface area contributed by atoms with Crippen LogP contribution in [0.3, 0.4) is 0 Å². The Morgan fingerprint density at radius 2 is 2.17 bits per heavy atom. The largest absolute Gasteiger partial charge is 0.269 e. The molecule has 0 N–H and O–H groups in total. The molecule has 0 fully saturated rings. The van der Waals surface area contributed by atoms with Crippen LogP contribution in [-0.4, -0.2) is 12.8 Å². The summed E-state index contributed by atoms with van der Waals surface area (Å²) in [6.45, 7) is 6.34. The highest BCUT2D eigenvalue weighted by Gasteiger charge is 2.05. The van der Waals surface area contributed by atoms with Crippen LogP contribution in [0.2, 0.25) is 5.02 Å². The predicted molar refractivity (Wildman–Crippen MR) is 77.1 cm³/mol. The summed E-state index contributed by atoms with van der Waals surface area (Å²) in [7, 11) is 1.88. The minimum atomic E-state index is 0.457. The van der Waals surface area contributed by atoms with Crippen molar-refractivity contribution in [1.29, 1.82) is 5.26 Å². The number of anilines is 1. The van der Waals surface area contributed by atoms with Crippen molar-refractivity contribution < 1.29 is 0 Å². The van der Waals surface area contributed by atoms with Gasteiger partial charge in [0.05, 0.1) is 16.3 Å². The molecule has 0 aliphatic carbocycles. The fourth-order valence-corrected chi connectivity index (χ4v) is 1.96. The van der Waals surface area contributed by atoms with E-state index in [1.807, 2.05) is 26.1 Å². The molecule has 0 amide bonds. The summed E-state index contributed by atoms with van der Waals surface area (Å²) in [5.74, 6) is 0.590. The third-order valence-corrected chi connectivity index (χ3v) is 2.78. The zero-order valence-corrected chi connectivity index (χ0v) is 12.0. The molecule has 4 heteroatoms. The molecule has 0 atom stereocenters. The van der Waals surface area contributed by atoms with Crippen LogP contribution in [0.1, 0.15) is 32.8 Å². The topological polar surface area (TPSA) is 39.4 Å². The summed E-state index contributed by atoms with van der Waals surface area (Å²) in [6, 6.07) is 7.35. The van der Waals surface area contributed by atoms with Gasteiger partial charge in [-0.3, -0.25) is 5.01 Å². The molecule has 0 bridgehead atoms. The Hall–Kier alpha value is -1.53. The average molecular weight is 264 g/mol. The number of rotatable bonds is 4. The molecule has 96 valence electrons. The monoisotopic (exact) mass is 263 g/mol. The molecule has 0 saturated heterocycles. The third kappa shape index (κ3) is 4.05. The maximum absolute atomic E-state index is 8.82. The normalized spacial score (nSPS) is 11.5. The van der Waals surface area contributed by atoms with Gasteiger partial charge in [0.2, 0.25) is 0 Å². The number of halogens is 1. The number of hydrogen-bond donors (Lipinski definition) is 0. The Balaban J connectivity index is 2.88. The molecule has 1 aromatic rings. The summed E-state index contributed by atoms with van der Waals surface area (Å²) in [6.07, 6.45) is 0.967. The first-order valence-corrected chi connectivity index (χ1v) is 6.29. The molecule has 0 radical (unpaired) electrons. The Morgan fingerprint density at radius 1 is 1.50 bits per heavy atom. The first-order valence-electron chi connectivity index (χ1n) is 5.91. The Labute approximate surface area is 114 Å². The van der Waals surface area contributed by atoms with Crippen LogP contribution in [0.15, 0.2) is 23.3 Å². The van der Waals surface area contributed by atoms with E-state index in [4.69, 9.17) is 16.9 Å². The van der Waals surface area contributed by atoms with E-state index in [1.165, 1.54) is 0 Å². The fraction of sp³-hybridized carbons (Fsp3) is 0.429. The number of hydrogen-bond acceptors (Lipinski definition) is 3. The maximum atomic E-state index is 8.82. The van der Waals surface area contributed by atoms with E-state index in [2.05, 4.69) is 18.9 Å². The van der Waals surface area contributed by atoms with Crippen molar-refractivity contribution in [2.75, 3.05) is 12.1 Å². The van der Waals surface area contributed by atoms with Crippen LogP contribution < -0.4 is 5.01 Å². The van der Waals surface area contributed by atoms with Gasteiger partial charge >= 0.3 is 0 Å². The van der Waals surface area contributed by atoms with E-state index in [0.717, 1.165) is 17.8 Å². The second-order valence-corrected chi connectivity index (χ2v) is 5.14. The summed E-state index contributed by atoms with van der Waals surface area (Å²) >= 11 is 6.00. The van der Waals surface area contributed by atoms with Crippen molar-refractivity contribution in [1.82, 2.24) is 0 Å². The summed E-state index contributed by atoms with van der Waals surface area (Å²) in [5, 5.41) is 15.5. The lowest BCUT2D eigenvalue weighted by Gasteiger charge is -2.16. The molecule has 1 aromatic carbocycles. The summed E-state index contributed by atoms with van der Waals surface area (Å²) < 4.78 is 0. The van der Waals surface area contributed by atoms with Gasteiger partial charge in [0.15, 0.2) is 0 Å². The smallest absolute Gasteiger partial charge is 0.101 e. The molecular weight excluding hydrogens is 246 g/mol. The Morgan fingerprint density at radius 3 is 2.67 bits per heavy atom. The molecule has 1 rings (SSSR count). The van der Waals surface area contributed by atoms with Crippen LogP contribution in [0.4, 0.5) is 5.69 Å². The van der Waals surface area contributed by atoms with Gasteiger partial charge in [-0.1, -0.05) is 25.4 Å². The lowest BCUT2D eigenvalue weighted by molar-refractivity contribution is 0.680. The van der Waals surface area contributed by atoms with Crippen molar-refractivity contribution >= 4 is 23.0 Å². The minimum absolute atomic E-state index is 0.457. The molecule has 18 heavy (non-hydrogen) atoms. The maximum Gasteiger partial charge on any atom is 0.101 e. The minimum Gasteiger partial charge on any atom is -0.269 e. The summed E-state index contributed by atoms with van der Waals surface area (Å²) in [5.41, 5.74) is 2.44. The van der Waals surface area contributed by atoms with E-state index in [9.17, 15) is 0 Å². The first kappa shape index (κ1) is 14.5. The van der Waals surface area contributed by atoms with E-state index >= 15 is 0 Å². The number of hydrazone groups is 1. The molecule has 0 aromatic heterocycles. The van der Waals surface area contributed by atoms with Gasteiger partial charge in [-0.05, 0) is 37.5 Å². The quantitative estimate of drug-likeness (QED) is 0.607. The molecule has 0 aliphatic rings. The Bertz CT molecular complexity index is 486. The summed E-state index contributed by atoms with van der Waals surface area (Å²) in [4.78, 5) is 0. The van der Waals surface area contributed by atoms with Gasteiger partial charge in [-0.2, -0.15) is 10.4 Å². The van der Waals surface area contributed by atoms with Crippen molar-refractivity contribution in [2.45, 2.75) is 27.2 Å². The number of nitrogens with zero attached hydrogens (tertiary/aromatic N) is 3. The van der Waals surface area contributed by atoms with Crippen molar-refractivity contribution in [3.05, 3.63) is 28.8 Å². The molecule has 0 unspecified atom stereocenters. The van der Waals surface area contributed by atoms with Gasteiger partial charge < -0.3 is 0 Å². The zero-order valence-electron chi connectivity index (χ0n) is 11.2. The van der Waals surface area contributed by atoms with Gasteiger partial charge in [0.1, 0.15) is 6.07 Å². The van der Waals surface area contributed by atoms with Gasteiger partial charge in [0, 0.05) is 12.8 Å². The lowest BCUT2D eigenvalue weighted by atomic mass is 10.1. The molecule has 0 heterocycles. The Kier molecular flexibility index (Phi) is 5.18. The van der Waals surface area contributed by atoms with Crippen molar-refractivity contribution in [3.8, 4) is 6.07 Å². The van der Waals surface area contributed by atoms with Crippen molar-refractivity contribution in [3.63, 3.8) is 0 Å². The van der Waals surface area contributed by atoms with E-state index < -0.39 is 0 Å². The van der Waals surface area contributed by atoms with E-state index in [0.29, 0.717) is 16.5 Å². The predicted octanol–water partition coefficient (Wildman–Crippen LogP) is 4.07. The highest BCUT2D eigenvalue weighted by Crippen LogP contribution is 2.22. The highest BCUT2D eigenvalue weighted by atomic mass is 35.5. The van der Waals surface area contributed by atoms with Gasteiger partial charge in [0.25, 0.3) is 0 Å². The lowest BCUT2D eigenvalue weighted by Crippen LogP contribution is -2.12. The standard InChI is InChI=1S/C14H18ClN3/c1-10(2)7-11(3)17-18(4)13-6-5-12(9-16)14(15)8-13/h5-6,8,10H,7H2,1-4H3/b17-11+. The van der Waals surface area contributed by atoms with E-state index in [1.54, 1.807) is 17.1 Å². The van der Waals surface area contributed by atoms with Crippen LogP contribution in [-0.2, 0) is 0 Å². The third-order valence-electron chi connectivity index (χ3n) is 2.47. The van der Waals surface area contributed by atoms with Crippen LogP contribution >= 0.6 is 11.6 Å².